The summed E-state index contributed by atoms with van der Waals surface area (Å²) in [5.41, 5.74) is 5.07. The fraction of sp³-hybridized carbons (Fsp3) is 0.100. The zero-order valence-corrected chi connectivity index (χ0v) is 10.9. The monoisotopic (exact) mass is 297 g/mol. The van der Waals surface area contributed by atoms with E-state index < -0.39 is 4.92 Å². The Labute approximate surface area is 117 Å². The van der Waals surface area contributed by atoms with Gasteiger partial charge in [-0.05, 0) is 23.7 Å². The average Bonchev–Trinajstić information content (AvgIpc) is 2.37. The Bertz CT molecular complexity index is 646. The molecule has 104 valence electrons. The van der Waals surface area contributed by atoms with E-state index in [9.17, 15) is 10.1 Å². The van der Waals surface area contributed by atoms with Gasteiger partial charge < -0.3 is 15.2 Å². The number of benzene rings is 1. The van der Waals surface area contributed by atoms with Crippen LogP contribution in [0.1, 0.15) is 0 Å². The van der Waals surface area contributed by atoms with Crippen LogP contribution in [0.5, 0.6) is 17.5 Å². The topological polar surface area (TPSA) is 126 Å². The second kappa shape index (κ2) is 5.53. The predicted octanol–water partition coefficient (Wildman–Crippen LogP) is 1.82. The fourth-order valence-electron chi connectivity index (χ4n) is 1.34. The summed E-state index contributed by atoms with van der Waals surface area (Å²) in [7, 11) is 1.39. The smallest absolute Gasteiger partial charge is 0.328 e. The second-order valence-corrected chi connectivity index (χ2v) is 3.78. The lowest BCUT2D eigenvalue weighted by Gasteiger charge is -2.06. The first-order valence-corrected chi connectivity index (χ1v) is 5.54. The molecule has 2 N–H and O–H groups in total. The SMILES string of the molecule is COc1ccc(Oc2nc(N)nc(Cl)n2)c([N+](=O)[O-])c1. The fourth-order valence-corrected chi connectivity index (χ4v) is 1.50. The summed E-state index contributed by atoms with van der Waals surface area (Å²) in [6, 6.07) is 3.82. The number of hydrogen-bond donors (Lipinski definition) is 1. The summed E-state index contributed by atoms with van der Waals surface area (Å²) in [4.78, 5) is 21.2. The molecule has 2 rings (SSSR count). The van der Waals surface area contributed by atoms with Crippen molar-refractivity contribution in [2.24, 2.45) is 0 Å². The summed E-state index contributed by atoms with van der Waals surface area (Å²) in [6.07, 6.45) is 0. The van der Waals surface area contributed by atoms with Gasteiger partial charge >= 0.3 is 11.7 Å². The van der Waals surface area contributed by atoms with E-state index in [1.54, 1.807) is 0 Å². The Morgan fingerprint density at radius 2 is 2.10 bits per heavy atom. The summed E-state index contributed by atoms with van der Waals surface area (Å²) in [6.45, 7) is 0. The zero-order chi connectivity index (χ0) is 14.7. The van der Waals surface area contributed by atoms with Gasteiger partial charge in [0.2, 0.25) is 17.0 Å². The maximum absolute atomic E-state index is 11.0. The van der Waals surface area contributed by atoms with Crippen LogP contribution in [-0.4, -0.2) is 27.0 Å². The van der Waals surface area contributed by atoms with Gasteiger partial charge in [0.25, 0.3) is 0 Å². The third-order valence-electron chi connectivity index (χ3n) is 2.17. The Morgan fingerprint density at radius 3 is 2.70 bits per heavy atom. The first-order chi connectivity index (χ1) is 9.49. The van der Waals surface area contributed by atoms with Gasteiger partial charge in [0.1, 0.15) is 5.75 Å². The molecular weight excluding hydrogens is 290 g/mol. The molecule has 0 fully saturated rings. The molecule has 0 spiro atoms. The molecule has 1 aromatic carbocycles. The Morgan fingerprint density at radius 1 is 1.35 bits per heavy atom. The minimum atomic E-state index is -0.621. The maximum Gasteiger partial charge on any atom is 0.328 e. The van der Waals surface area contributed by atoms with E-state index >= 15 is 0 Å². The molecule has 9 nitrogen and oxygen atoms in total. The maximum atomic E-state index is 11.0. The molecule has 0 bridgehead atoms. The van der Waals surface area contributed by atoms with Crippen molar-refractivity contribution in [2.75, 3.05) is 12.8 Å². The van der Waals surface area contributed by atoms with E-state index in [1.807, 2.05) is 0 Å². The van der Waals surface area contributed by atoms with Crippen LogP contribution in [0.25, 0.3) is 0 Å². The first-order valence-electron chi connectivity index (χ1n) is 5.17. The number of nitro benzene ring substituents is 1. The van der Waals surface area contributed by atoms with Crippen molar-refractivity contribution in [3.63, 3.8) is 0 Å². The van der Waals surface area contributed by atoms with Crippen LogP contribution >= 0.6 is 11.6 Å². The number of methoxy groups -OCH3 is 1. The van der Waals surface area contributed by atoms with Gasteiger partial charge in [-0.15, -0.1) is 0 Å². The van der Waals surface area contributed by atoms with Crippen LogP contribution in [0.15, 0.2) is 18.2 Å². The Balaban J connectivity index is 2.39. The lowest BCUT2D eigenvalue weighted by molar-refractivity contribution is -0.385. The number of anilines is 1. The van der Waals surface area contributed by atoms with Crippen molar-refractivity contribution < 1.29 is 14.4 Å². The van der Waals surface area contributed by atoms with Crippen LogP contribution in [0, 0.1) is 10.1 Å². The van der Waals surface area contributed by atoms with E-state index in [4.69, 9.17) is 26.8 Å². The molecule has 1 aromatic heterocycles. The summed E-state index contributed by atoms with van der Waals surface area (Å²) >= 11 is 5.59. The van der Waals surface area contributed by atoms with Gasteiger partial charge in [-0.25, -0.2) is 0 Å². The normalized spacial score (nSPS) is 10.1. The van der Waals surface area contributed by atoms with Crippen LogP contribution < -0.4 is 15.2 Å². The minimum absolute atomic E-state index is 0.0718. The molecule has 0 saturated carbocycles. The lowest BCUT2D eigenvalue weighted by atomic mass is 10.3. The number of rotatable bonds is 4. The molecule has 0 unspecified atom stereocenters. The van der Waals surface area contributed by atoms with Crippen LogP contribution in [0.3, 0.4) is 0 Å². The van der Waals surface area contributed by atoms with Crippen molar-refractivity contribution in [2.45, 2.75) is 0 Å². The van der Waals surface area contributed by atoms with Gasteiger partial charge in [0.15, 0.2) is 0 Å². The highest BCUT2D eigenvalue weighted by Gasteiger charge is 2.18. The molecule has 2 aromatic rings. The molecule has 0 saturated heterocycles. The number of ether oxygens (including phenoxy) is 2. The number of nitrogens with zero attached hydrogens (tertiary/aromatic N) is 4. The quantitative estimate of drug-likeness (QED) is 0.668. The summed E-state index contributed by atoms with van der Waals surface area (Å²) in [5, 5.41) is 10.8. The van der Waals surface area contributed by atoms with Gasteiger partial charge in [-0.3, -0.25) is 10.1 Å². The van der Waals surface area contributed by atoms with Gasteiger partial charge in [-0.1, -0.05) is 0 Å². The minimum Gasteiger partial charge on any atom is -0.496 e. The van der Waals surface area contributed by atoms with Crippen molar-refractivity contribution >= 4 is 23.2 Å². The number of nitrogen functional groups attached to an aromatic ring is 1. The van der Waals surface area contributed by atoms with Gasteiger partial charge in [0, 0.05) is 0 Å². The molecule has 0 amide bonds. The Kier molecular flexibility index (Phi) is 3.80. The first kappa shape index (κ1) is 13.7. The second-order valence-electron chi connectivity index (χ2n) is 3.44. The van der Waals surface area contributed by atoms with E-state index in [-0.39, 0.29) is 28.7 Å². The zero-order valence-electron chi connectivity index (χ0n) is 10.1. The number of halogens is 1. The highest BCUT2D eigenvalue weighted by atomic mass is 35.5. The molecule has 0 aliphatic carbocycles. The molecule has 0 aliphatic heterocycles. The van der Waals surface area contributed by atoms with Crippen LogP contribution in [-0.2, 0) is 0 Å². The van der Waals surface area contributed by atoms with Crippen LogP contribution in [0.4, 0.5) is 11.6 Å². The highest BCUT2D eigenvalue weighted by molar-refractivity contribution is 6.28. The van der Waals surface area contributed by atoms with E-state index in [0.717, 1.165) is 0 Å². The standard InChI is InChI=1S/C10H8ClN5O4/c1-19-5-2-3-7(6(4-5)16(17)18)20-10-14-8(11)13-9(12)15-10/h2-4H,1H3,(H2,12,13,14,15). The Hall–Kier alpha value is -2.68. The molecule has 1 heterocycles. The van der Waals surface area contributed by atoms with Crippen molar-refractivity contribution in [1.29, 1.82) is 0 Å². The largest absolute Gasteiger partial charge is 0.496 e. The van der Waals surface area contributed by atoms with Crippen molar-refractivity contribution in [3.05, 3.63) is 33.6 Å². The van der Waals surface area contributed by atoms with E-state index in [1.165, 1.54) is 25.3 Å². The number of aromatic nitrogens is 3. The molecule has 10 heteroatoms. The number of nitro groups is 1. The number of nitrogens with two attached hydrogens (primary N) is 1. The van der Waals surface area contributed by atoms with E-state index in [2.05, 4.69) is 15.0 Å². The molecular formula is C10H8ClN5O4. The third kappa shape index (κ3) is 3.01. The highest BCUT2D eigenvalue weighted by Crippen LogP contribution is 2.33. The molecule has 0 radical (unpaired) electrons. The average molecular weight is 298 g/mol. The lowest BCUT2D eigenvalue weighted by Crippen LogP contribution is -2.01. The van der Waals surface area contributed by atoms with Crippen LogP contribution in [0.2, 0.25) is 5.28 Å². The third-order valence-corrected chi connectivity index (χ3v) is 2.34. The summed E-state index contributed by atoms with van der Waals surface area (Å²) in [5.74, 6) is 0.0888. The summed E-state index contributed by atoms with van der Waals surface area (Å²) < 4.78 is 10.1. The van der Waals surface area contributed by atoms with Crippen molar-refractivity contribution in [3.8, 4) is 17.5 Å². The van der Waals surface area contributed by atoms with Gasteiger partial charge in [0.05, 0.1) is 18.1 Å². The molecule has 0 atom stereocenters. The van der Waals surface area contributed by atoms with E-state index in [0.29, 0.717) is 5.75 Å². The number of hydrogen-bond acceptors (Lipinski definition) is 8. The molecule has 20 heavy (non-hydrogen) atoms. The molecule has 0 aliphatic rings. The van der Waals surface area contributed by atoms with Crippen molar-refractivity contribution in [1.82, 2.24) is 15.0 Å². The predicted molar refractivity (Wildman–Crippen MR) is 69.0 cm³/mol. The van der Waals surface area contributed by atoms with Gasteiger partial charge in [-0.2, -0.15) is 15.0 Å².